The standard InChI is InChI=1S/C15H26N2O3.ClH/c1-10(2)16(4)13(18)11(3)17-8-12-6-5-7-15(12,9-17)14(19)20;/h10-12H,5-9H2,1-4H3,(H,19,20);1H/t11?,12-,15+;/m0./s1. The Bertz CT molecular complexity index is 416. The molecule has 1 heterocycles. The van der Waals surface area contributed by atoms with Gasteiger partial charge in [0.25, 0.3) is 0 Å². The van der Waals surface area contributed by atoms with Crippen molar-refractivity contribution in [1.29, 1.82) is 0 Å². The Morgan fingerprint density at radius 2 is 1.95 bits per heavy atom. The molecular formula is C15H27ClN2O3. The molecule has 1 saturated carbocycles. The zero-order valence-corrected chi connectivity index (χ0v) is 14.2. The van der Waals surface area contributed by atoms with E-state index in [9.17, 15) is 14.7 Å². The molecular weight excluding hydrogens is 292 g/mol. The monoisotopic (exact) mass is 318 g/mol. The van der Waals surface area contributed by atoms with Gasteiger partial charge in [0.1, 0.15) is 0 Å². The number of hydrogen-bond donors (Lipinski definition) is 1. The smallest absolute Gasteiger partial charge is 0.311 e. The van der Waals surface area contributed by atoms with Crippen LogP contribution in [0.4, 0.5) is 0 Å². The van der Waals surface area contributed by atoms with Crippen LogP contribution in [-0.2, 0) is 9.59 Å². The van der Waals surface area contributed by atoms with Gasteiger partial charge in [0.2, 0.25) is 5.91 Å². The predicted molar refractivity (Wildman–Crippen MR) is 83.6 cm³/mol. The van der Waals surface area contributed by atoms with Crippen molar-refractivity contribution in [3.63, 3.8) is 0 Å². The van der Waals surface area contributed by atoms with Crippen molar-refractivity contribution in [1.82, 2.24) is 9.80 Å². The fraction of sp³-hybridized carbons (Fsp3) is 0.867. The summed E-state index contributed by atoms with van der Waals surface area (Å²) in [6.45, 7) is 7.14. The lowest BCUT2D eigenvalue weighted by molar-refractivity contribution is -0.150. The van der Waals surface area contributed by atoms with Crippen molar-refractivity contribution < 1.29 is 14.7 Å². The summed E-state index contributed by atoms with van der Waals surface area (Å²) in [5.41, 5.74) is -0.606. The van der Waals surface area contributed by atoms with Crippen molar-refractivity contribution in [2.75, 3.05) is 20.1 Å². The molecule has 5 nitrogen and oxygen atoms in total. The number of amides is 1. The maximum atomic E-state index is 12.4. The molecule has 0 spiro atoms. The summed E-state index contributed by atoms with van der Waals surface area (Å²) in [7, 11) is 1.81. The summed E-state index contributed by atoms with van der Waals surface area (Å²) in [5.74, 6) is -0.389. The normalized spacial score (nSPS) is 29.9. The molecule has 122 valence electrons. The van der Waals surface area contributed by atoms with Crippen LogP contribution in [0.1, 0.15) is 40.0 Å². The van der Waals surface area contributed by atoms with Crippen molar-refractivity contribution in [3.8, 4) is 0 Å². The van der Waals surface area contributed by atoms with Gasteiger partial charge in [0.15, 0.2) is 0 Å². The average Bonchev–Trinajstić information content (AvgIpc) is 2.93. The topological polar surface area (TPSA) is 60.9 Å². The maximum absolute atomic E-state index is 12.4. The maximum Gasteiger partial charge on any atom is 0.311 e. The van der Waals surface area contributed by atoms with Crippen molar-refractivity contribution in [2.24, 2.45) is 11.3 Å². The molecule has 1 aliphatic heterocycles. The highest BCUT2D eigenvalue weighted by molar-refractivity contribution is 5.85. The molecule has 6 heteroatoms. The summed E-state index contributed by atoms with van der Waals surface area (Å²) in [4.78, 5) is 27.9. The van der Waals surface area contributed by atoms with Gasteiger partial charge in [-0.2, -0.15) is 0 Å². The lowest BCUT2D eigenvalue weighted by Gasteiger charge is -2.31. The van der Waals surface area contributed by atoms with E-state index in [1.807, 2.05) is 27.8 Å². The summed E-state index contributed by atoms with van der Waals surface area (Å²) in [5, 5.41) is 9.59. The third kappa shape index (κ3) is 3.04. The van der Waals surface area contributed by atoms with Gasteiger partial charge in [-0.05, 0) is 39.5 Å². The summed E-state index contributed by atoms with van der Waals surface area (Å²) >= 11 is 0. The van der Waals surface area contributed by atoms with Gasteiger partial charge in [-0.15, -0.1) is 12.4 Å². The van der Waals surface area contributed by atoms with Crippen LogP contribution in [0.25, 0.3) is 0 Å². The van der Waals surface area contributed by atoms with E-state index in [4.69, 9.17) is 0 Å². The summed E-state index contributed by atoms with van der Waals surface area (Å²) in [6, 6.07) is -0.0651. The molecule has 0 aromatic heterocycles. The second kappa shape index (κ2) is 6.53. The fourth-order valence-corrected chi connectivity index (χ4v) is 3.68. The van der Waals surface area contributed by atoms with Crippen LogP contribution < -0.4 is 0 Å². The molecule has 2 aliphatic rings. The van der Waals surface area contributed by atoms with Gasteiger partial charge in [-0.3, -0.25) is 14.5 Å². The predicted octanol–water partition coefficient (Wildman–Crippen LogP) is 1.85. The number of carboxylic acids is 1. The summed E-state index contributed by atoms with van der Waals surface area (Å²) < 4.78 is 0. The molecule has 0 bridgehead atoms. The second-order valence-electron chi connectivity index (χ2n) is 6.70. The van der Waals surface area contributed by atoms with Crippen LogP contribution in [0.5, 0.6) is 0 Å². The van der Waals surface area contributed by atoms with E-state index < -0.39 is 11.4 Å². The first-order valence-electron chi connectivity index (χ1n) is 7.53. The van der Waals surface area contributed by atoms with E-state index in [0.717, 1.165) is 25.8 Å². The van der Waals surface area contributed by atoms with E-state index in [1.165, 1.54) is 0 Å². The van der Waals surface area contributed by atoms with E-state index in [0.29, 0.717) is 6.54 Å². The molecule has 0 aromatic carbocycles. The van der Waals surface area contributed by atoms with Crippen LogP contribution in [0.2, 0.25) is 0 Å². The molecule has 1 aliphatic carbocycles. The van der Waals surface area contributed by atoms with Crippen LogP contribution >= 0.6 is 12.4 Å². The zero-order chi connectivity index (χ0) is 15.1. The lowest BCUT2D eigenvalue weighted by atomic mass is 9.81. The Kier molecular flexibility index (Phi) is 5.67. The summed E-state index contributed by atoms with van der Waals surface area (Å²) in [6.07, 6.45) is 2.73. The van der Waals surface area contributed by atoms with Crippen LogP contribution in [0.15, 0.2) is 0 Å². The average molecular weight is 319 g/mol. The number of likely N-dealkylation sites (tertiary alicyclic amines) is 1. The number of fused-ring (bicyclic) bond motifs is 1. The third-order valence-electron chi connectivity index (χ3n) is 5.35. The Labute approximate surface area is 133 Å². The molecule has 0 radical (unpaired) electrons. The molecule has 2 fully saturated rings. The number of carbonyl (C=O) groups is 2. The minimum Gasteiger partial charge on any atom is -0.481 e. The van der Waals surface area contributed by atoms with E-state index in [1.54, 1.807) is 4.90 Å². The Balaban J connectivity index is 0.00000220. The van der Waals surface area contributed by atoms with Crippen molar-refractivity contribution >= 4 is 24.3 Å². The molecule has 3 atom stereocenters. The van der Waals surface area contributed by atoms with Gasteiger partial charge in [-0.1, -0.05) is 6.42 Å². The Morgan fingerprint density at radius 1 is 1.33 bits per heavy atom. The number of likely N-dealkylation sites (N-methyl/N-ethyl adjacent to an activating group) is 1. The minimum atomic E-state index is -0.681. The number of aliphatic carboxylic acids is 1. The minimum absolute atomic E-state index is 0. The molecule has 1 amide bonds. The number of hydrogen-bond acceptors (Lipinski definition) is 3. The first-order valence-corrected chi connectivity index (χ1v) is 7.53. The zero-order valence-electron chi connectivity index (χ0n) is 13.3. The van der Waals surface area contributed by atoms with Gasteiger partial charge in [0, 0.05) is 26.2 Å². The molecule has 0 aromatic rings. The van der Waals surface area contributed by atoms with E-state index >= 15 is 0 Å². The molecule has 2 rings (SSSR count). The van der Waals surface area contributed by atoms with Crippen LogP contribution in [0, 0.1) is 11.3 Å². The van der Waals surface area contributed by atoms with Gasteiger partial charge < -0.3 is 10.0 Å². The third-order valence-corrected chi connectivity index (χ3v) is 5.35. The molecule has 1 saturated heterocycles. The first-order chi connectivity index (χ1) is 9.29. The van der Waals surface area contributed by atoms with Gasteiger partial charge >= 0.3 is 5.97 Å². The number of nitrogens with zero attached hydrogens (tertiary/aromatic N) is 2. The number of carbonyl (C=O) groups excluding carboxylic acids is 1. The van der Waals surface area contributed by atoms with Crippen LogP contribution in [0.3, 0.4) is 0 Å². The molecule has 1 unspecified atom stereocenters. The highest BCUT2D eigenvalue weighted by Crippen LogP contribution is 2.49. The fourth-order valence-electron chi connectivity index (χ4n) is 3.68. The number of carboxylic acid groups (broad SMARTS) is 1. The Hall–Kier alpha value is -0.810. The van der Waals surface area contributed by atoms with E-state index in [-0.39, 0.29) is 36.3 Å². The second-order valence-corrected chi connectivity index (χ2v) is 6.70. The van der Waals surface area contributed by atoms with Gasteiger partial charge in [0.05, 0.1) is 11.5 Å². The quantitative estimate of drug-likeness (QED) is 0.859. The SMILES string of the molecule is CC(C(=O)N(C)C(C)C)N1C[C@@H]2CCC[C@@]2(C(=O)O)C1.Cl. The number of rotatable bonds is 4. The van der Waals surface area contributed by atoms with E-state index in [2.05, 4.69) is 4.90 Å². The number of halogens is 1. The largest absolute Gasteiger partial charge is 0.481 e. The lowest BCUT2D eigenvalue weighted by Crippen LogP contribution is -2.48. The molecule has 21 heavy (non-hydrogen) atoms. The van der Waals surface area contributed by atoms with Crippen molar-refractivity contribution in [3.05, 3.63) is 0 Å². The Morgan fingerprint density at radius 3 is 2.43 bits per heavy atom. The highest BCUT2D eigenvalue weighted by atomic mass is 35.5. The first kappa shape index (κ1) is 18.2. The highest BCUT2D eigenvalue weighted by Gasteiger charge is 2.56. The van der Waals surface area contributed by atoms with Gasteiger partial charge in [-0.25, -0.2) is 0 Å². The van der Waals surface area contributed by atoms with Crippen molar-refractivity contribution in [2.45, 2.75) is 52.1 Å². The van der Waals surface area contributed by atoms with Crippen LogP contribution in [-0.4, -0.2) is 59.0 Å². The molecule has 1 N–H and O–H groups in total.